The summed E-state index contributed by atoms with van der Waals surface area (Å²) in [5.41, 5.74) is 1.86. The van der Waals surface area contributed by atoms with Gasteiger partial charge in [0, 0.05) is 64.0 Å². The largest absolute Gasteiger partial charge is 0.354 e. The van der Waals surface area contributed by atoms with Crippen LogP contribution in [0.4, 0.5) is 11.6 Å². The van der Waals surface area contributed by atoms with Gasteiger partial charge in [0.05, 0.1) is 5.69 Å². The molecule has 8 nitrogen and oxygen atoms in total. The van der Waals surface area contributed by atoms with Crippen molar-refractivity contribution in [3.8, 4) is 10.6 Å². The van der Waals surface area contributed by atoms with Gasteiger partial charge in [-0.25, -0.2) is 15.0 Å². The van der Waals surface area contributed by atoms with Gasteiger partial charge >= 0.3 is 0 Å². The summed E-state index contributed by atoms with van der Waals surface area (Å²) in [5, 5.41) is 0.896. The number of rotatable bonds is 4. The molecule has 5 rings (SSSR count). The van der Waals surface area contributed by atoms with Crippen molar-refractivity contribution in [2.45, 2.75) is 13.8 Å². The van der Waals surface area contributed by atoms with Crippen LogP contribution in [0.1, 0.15) is 21.2 Å². The summed E-state index contributed by atoms with van der Waals surface area (Å²) < 4.78 is 0. The van der Waals surface area contributed by atoms with Crippen molar-refractivity contribution in [3.63, 3.8) is 0 Å². The fourth-order valence-corrected chi connectivity index (χ4v) is 5.52. The summed E-state index contributed by atoms with van der Waals surface area (Å²) in [7, 11) is 2.16. The third kappa shape index (κ3) is 4.76. The molecule has 2 aromatic heterocycles. The summed E-state index contributed by atoms with van der Waals surface area (Å²) in [5.74, 6) is 2.82. The van der Waals surface area contributed by atoms with Crippen molar-refractivity contribution in [1.82, 2.24) is 24.8 Å². The maximum Gasteiger partial charge on any atom is 0.265 e. The Hall–Kier alpha value is -3.04. The van der Waals surface area contributed by atoms with Crippen LogP contribution in [0.5, 0.6) is 0 Å². The molecule has 1 amide bonds. The SMILES string of the molecule is Cc1nc(N2CCN(C)CC2)cc(N2CCN(C(=O)c3sc(-c4ccccc4)nc3C)CC2)n1. The number of aryl methyl sites for hydroxylation is 2. The number of likely N-dealkylation sites (N-methyl/N-ethyl adjacent to an activating group) is 1. The number of nitrogens with zero attached hydrogens (tertiary/aromatic N) is 7. The third-order valence-electron chi connectivity index (χ3n) is 6.54. The second kappa shape index (κ2) is 9.68. The summed E-state index contributed by atoms with van der Waals surface area (Å²) in [6, 6.07) is 12.2. The Labute approximate surface area is 204 Å². The van der Waals surface area contributed by atoms with Crippen molar-refractivity contribution >= 4 is 28.9 Å². The van der Waals surface area contributed by atoms with E-state index < -0.39 is 0 Å². The van der Waals surface area contributed by atoms with E-state index >= 15 is 0 Å². The van der Waals surface area contributed by atoms with Gasteiger partial charge in [-0.15, -0.1) is 11.3 Å². The molecule has 178 valence electrons. The predicted molar refractivity (Wildman–Crippen MR) is 137 cm³/mol. The number of thiazole rings is 1. The molecule has 2 fully saturated rings. The molecule has 4 heterocycles. The second-order valence-corrected chi connectivity index (χ2v) is 10.00. The molecule has 3 aromatic rings. The van der Waals surface area contributed by atoms with Gasteiger partial charge in [0.1, 0.15) is 27.3 Å². The fourth-order valence-electron chi connectivity index (χ4n) is 4.48. The molecular weight excluding hydrogens is 446 g/mol. The number of piperazine rings is 2. The molecule has 1 aromatic carbocycles. The third-order valence-corrected chi connectivity index (χ3v) is 7.74. The molecule has 9 heteroatoms. The van der Waals surface area contributed by atoms with Crippen LogP contribution >= 0.6 is 11.3 Å². The molecule has 0 radical (unpaired) electrons. The Balaban J connectivity index is 1.26. The van der Waals surface area contributed by atoms with Crippen LogP contribution in [-0.4, -0.2) is 90.1 Å². The van der Waals surface area contributed by atoms with E-state index in [-0.39, 0.29) is 5.91 Å². The molecule has 0 atom stereocenters. The molecule has 0 N–H and O–H groups in total. The molecular formula is C25H31N7OS. The highest BCUT2D eigenvalue weighted by atomic mass is 32.1. The number of carbonyl (C=O) groups is 1. The van der Waals surface area contributed by atoms with Gasteiger partial charge < -0.3 is 19.6 Å². The molecule has 0 aliphatic carbocycles. The zero-order valence-corrected chi connectivity index (χ0v) is 20.9. The minimum absolute atomic E-state index is 0.0776. The number of aromatic nitrogens is 3. The van der Waals surface area contributed by atoms with Crippen LogP contribution < -0.4 is 9.80 Å². The van der Waals surface area contributed by atoms with Gasteiger partial charge in [0.25, 0.3) is 5.91 Å². The molecule has 0 saturated carbocycles. The van der Waals surface area contributed by atoms with Gasteiger partial charge in [-0.3, -0.25) is 4.79 Å². The van der Waals surface area contributed by atoms with Crippen molar-refractivity contribution < 1.29 is 4.79 Å². The highest BCUT2D eigenvalue weighted by Crippen LogP contribution is 2.29. The van der Waals surface area contributed by atoms with Crippen molar-refractivity contribution in [1.29, 1.82) is 0 Å². The zero-order valence-electron chi connectivity index (χ0n) is 20.1. The van der Waals surface area contributed by atoms with E-state index in [2.05, 4.69) is 32.8 Å². The zero-order chi connectivity index (χ0) is 23.7. The van der Waals surface area contributed by atoms with Gasteiger partial charge in [-0.1, -0.05) is 30.3 Å². The first-order chi connectivity index (χ1) is 16.5. The first kappa shape index (κ1) is 22.7. The summed E-state index contributed by atoms with van der Waals surface area (Å²) in [6.45, 7) is 10.8. The van der Waals surface area contributed by atoms with Crippen LogP contribution in [0, 0.1) is 13.8 Å². The lowest BCUT2D eigenvalue weighted by Gasteiger charge is -2.36. The van der Waals surface area contributed by atoms with Crippen LogP contribution in [0.2, 0.25) is 0 Å². The monoisotopic (exact) mass is 477 g/mol. The van der Waals surface area contributed by atoms with E-state index in [4.69, 9.17) is 9.97 Å². The van der Waals surface area contributed by atoms with Crippen LogP contribution in [0.25, 0.3) is 10.6 Å². The van der Waals surface area contributed by atoms with Gasteiger partial charge in [-0.05, 0) is 20.9 Å². The van der Waals surface area contributed by atoms with Crippen LogP contribution in [0.15, 0.2) is 36.4 Å². The number of benzene rings is 1. The molecule has 2 aliphatic rings. The Bertz CT molecular complexity index is 1150. The number of hydrogen-bond donors (Lipinski definition) is 0. The first-order valence-corrected chi connectivity index (χ1v) is 12.7. The Morgan fingerprint density at radius 1 is 0.824 bits per heavy atom. The lowest BCUT2D eigenvalue weighted by molar-refractivity contribution is 0.0750. The van der Waals surface area contributed by atoms with E-state index in [0.717, 1.165) is 77.9 Å². The predicted octanol–water partition coefficient (Wildman–Crippen LogP) is 2.93. The van der Waals surface area contributed by atoms with Crippen LogP contribution in [-0.2, 0) is 0 Å². The lowest BCUT2D eigenvalue weighted by atomic mass is 10.2. The second-order valence-electron chi connectivity index (χ2n) is 9.00. The quantitative estimate of drug-likeness (QED) is 0.572. The van der Waals surface area contributed by atoms with Gasteiger partial charge in [0.2, 0.25) is 0 Å². The van der Waals surface area contributed by atoms with E-state index in [1.54, 1.807) is 0 Å². The Morgan fingerprint density at radius 3 is 2.03 bits per heavy atom. The molecule has 0 unspecified atom stereocenters. The smallest absolute Gasteiger partial charge is 0.265 e. The fraction of sp³-hybridized carbons (Fsp3) is 0.440. The number of carbonyl (C=O) groups excluding carboxylic acids is 1. The topological polar surface area (TPSA) is 68.7 Å². The van der Waals surface area contributed by atoms with Crippen LogP contribution in [0.3, 0.4) is 0 Å². The highest BCUT2D eigenvalue weighted by molar-refractivity contribution is 7.17. The van der Waals surface area contributed by atoms with Gasteiger partial charge in [0.15, 0.2) is 0 Å². The first-order valence-electron chi connectivity index (χ1n) is 11.8. The van der Waals surface area contributed by atoms with E-state index in [1.807, 2.05) is 49.1 Å². The summed E-state index contributed by atoms with van der Waals surface area (Å²) >= 11 is 1.49. The standard InChI is InChI=1S/C25H31N7OS/c1-18-23(34-24(26-18)20-7-5-4-6-8-20)25(33)32-15-13-31(14-16-32)22-17-21(27-19(2)28-22)30-11-9-29(3)10-12-30/h4-8,17H,9-16H2,1-3H3. The molecule has 2 aliphatic heterocycles. The maximum atomic E-state index is 13.3. The Kier molecular flexibility index (Phi) is 6.47. The average Bonchev–Trinajstić information content (AvgIpc) is 3.26. The maximum absolute atomic E-state index is 13.3. The van der Waals surface area contributed by atoms with E-state index in [0.29, 0.717) is 13.1 Å². The van der Waals surface area contributed by atoms with Crippen molar-refractivity contribution in [2.75, 3.05) is 69.2 Å². The summed E-state index contributed by atoms with van der Waals surface area (Å²) in [4.78, 5) is 37.0. The van der Waals surface area contributed by atoms with Gasteiger partial charge in [-0.2, -0.15) is 0 Å². The number of anilines is 2. The van der Waals surface area contributed by atoms with E-state index in [1.165, 1.54) is 11.3 Å². The highest BCUT2D eigenvalue weighted by Gasteiger charge is 2.27. The Morgan fingerprint density at radius 2 is 1.41 bits per heavy atom. The molecule has 34 heavy (non-hydrogen) atoms. The minimum Gasteiger partial charge on any atom is -0.354 e. The molecule has 0 bridgehead atoms. The number of amides is 1. The van der Waals surface area contributed by atoms with E-state index in [9.17, 15) is 4.79 Å². The average molecular weight is 478 g/mol. The molecule has 2 saturated heterocycles. The lowest BCUT2D eigenvalue weighted by Crippen LogP contribution is -2.49. The van der Waals surface area contributed by atoms with Crippen molar-refractivity contribution in [3.05, 3.63) is 52.8 Å². The number of hydrogen-bond acceptors (Lipinski definition) is 8. The minimum atomic E-state index is 0.0776. The van der Waals surface area contributed by atoms with Crippen molar-refractivity contribution in [2.24, 2.45) is 0 Å². The molecule has 0 spiro atoms. The summed E-state index contributed by atoms with van der Waals surface area (Å²) in [6.07, 6.45) is 0. The normalized spacial score (nSPS) is 17.3.